The molecule has 0 saturated heterocycles. The largest absolute Gasteiger partial charge is 0.480 e. The number of aliphatic carboxylic acids is 4. The van der Waals surface area contributed by atoms with Crippen LogP contribution >= 0.6 is 0 Å². The van der Waals surface area contributed by atoms with Gasteiger partial charge in [0, 0.05) is 39.3 Å². The number of carboxylic acid groups (broad SMARTS) is 4. The molecule has 0 heterocycles. The summed E-state index contributed by atoms with van der Waals surface area (Å²) in [5, 5.41) is 35.5. The van der Waals surface area contributed by atoms with Crippen LogP contribution in [0.2, 0.25) is 0 Å². The molecule has 0 unspecified atom stereocenters. The van der Waals surface area contributed by atoms with Crippen molar-refractivity contribution in [3.8, 4) is 0 Å². The molecule has 0 aromatic carbocycles. The Morgan fingerprint density at radius 1 is 0.586 bits per heavy atom. The first-order valence-electron chi connectivity index (χ1n) is 8.98. The first-order valence-corrected chi connectivity index (χ1v) is 8.98. The first-order chi connectivity index (χ1) is 13.5. The van der Waals surface area contributed by atoms with Crippen molar-refractivity contribution in [1.82, 2.24) is 19.8 Å². The second-order valence-electron chi connectivity index (χ2n) is 6.34. The molecular weight excluding hydrogens is 395 g/mol. The summed E-state index contributed by atoms with van der Waals surface area (Å²) >= 11 is 0. The Hall–Kier alpha value is -2.35. The van der Waals surface area contributed by atoms with Crippen molar-refractivity contribution in [3.05, 3.63) is 0 Å². The molecule has 12 nitrogen and oxygen atoms in total. The zero-order chi connectivity index (χ0) is 22.4. The average molecular weight is 424 g/mol. The molecule has 0 aromatic heterocycles. The minimum absolute atomic E-state index is 0.0528. The quantitative estimate of drug-likeness (QED) is 0.187. The van der Waals surface area contributed by atoms with Crippen LogP contribution in [-0.4, -0.2) is 136 Å². The van der Waals surface area contributed by atoms with E-state index >= 15 is 0 Å². The van der Waals surface area contributed by atoms with Gasteiger partial charge in [-0.15, -0.1) is 9.60 Å². The lowest BCUT2D eigenvalue weighted by atomic mass is 10.3. The lowest BCUT2D eigenvalue weighted by Crippen LogP contribution is -2.45. The molecule has 0 aromatic rings. The lowest BCUT2D eigenvalue weighted by molar-refractivity contribution is -0.144. The number of carbonyl (C=O) groups is 4. The van der Waals surface area contributed by atoms with Crippen LogP contribution in [0.1, 0.15) is 6.92 Å². The van der Waals surface area contributed by atoms with E-state index in [1.807, 2.05) is 0 Å². The van der Waals surface area contributed by atoms with E-state index in [0.29, 0.717) is 13.1 Å². The Bertz CT molecular complexity index is 551. The van der Waals surface area contributed by atoms with Crippen LogP contribution in [0.25, 0.3) is 0 Å². The van der Waals surface area contributed by atoms with Crippen LogP contribution in [0.15, 0.2) is 0 Å². The molecule has 0 bridgehead atoms. The van der Waals surface area contributed by atoms with Gasteiger partial charge in [-0.3, -0.25) is 33.9 Å². The van der Waals surface area contributed by atoms with Crippen molar-refractivity contribution in [2.45, 2.75) is 6.92 Å². The molecule has 0 aliphatic carbocycles. The second kappa shape index (κ2) is 14.6. The molecule has 0 atom stereocenters. The highest BCUT2D eigenvalue weighted by Crippen LogP contribution is 1.98. The SMILES string of the molecule is CCN(CCN(CCN(CCN(F)CC(=O)O)CC(=O)O)CC(=O)O)CC(=O)O. The summed E-state index contributed by atoms with van der Waals surface area (Å²) < 4.78 is 13.4. The molecule has 0 aliphatic heterocycles. The number of hydrogen-bond acceptors (Lipinski definition) is 8. The van der Waals surface area contributed by atoms with Crippen LogP contribution in [0.4, 0.5) is 4.48 Å². The highest BCUT2D eigenvalue weighted by atomic mass is 19.2. The third kappa shape index (κ3) is 15.3. The molecular formula is C16H29FN4O8. The van der Waals surface area contributed by atoms with Gasteiger partial charge in [0.05, 0.1) is 19.6 Å². The normalized spacial score (nSPS) is 11.5. The van der Waals surface area contributed by atoms with Gasteiger partial charge in [-0.05, 0) is 6.54 Å². The predicted molar refractivity (Wildman–Crippen MR) is 98.2 cm³/mol. The van der Waals surface area contributed by atoms with Gasteiger partial charge in [-0.2, -0.15) is 0 Å². The van der Waals surface area contributed by atoms with Crippen LogP contribution < -0.4 is 0 Å². The average Bonchev–Trinajstić information content (AvgIpc) is 2.58. The number of likely N-dealkylation sites (N-methyl/N-ethyl adjacent to an activating group) is 1. The van der Waals surface area contributed by atoms with Crippen LogP contribution in [-0.2, 0) is 19.2 Å². The number of rotatable bonds is 18. The van der Waals surface area contributed by atoms with Gasteiger partial charge in [0.25, 0.3) is 0 Å². The predicted octanol–water partition coefficient (Wildman–Crippen LogP) is -1.56. The molecule has 0 saturated carbocycles. The minimum atomic E-state index is -1.35. The van der Waals surface area contributed by atoms with E-state index in [1.165, 1.54) is 9.80 Å². The summed E-state index contributed by atoms with van der Waals surface area (Å²) in [4.78, 5) is 47.9. The molecule has 0 aliphatic rings. The Balaban J connectivity index is 4.76. The Morgan fingerprint density at radius 2 is 0.897 bits per heavy atom. The van der Waals surface area contributed by atoms with Gasteiger partial charge in [-0.25, -0.2) is 0 Å². The molecule has 0 rings (SSSR count). The van der Waals surface area contributed by atoms with Crippen molar-refractivity contribution in [1.29, 1.82) is 0 Å². The smallest absolute Gasteiger partial charge is 0.320 e. The monoisotopic (exact) mass is 424 g/mol. The Kier molecular flexibility index (Phi) is 13.4. The van der Waals surface area contributed by atoms with E-state index in [1.54, 1.807) is 11.8 Å². The topological polar surface area (TPSA) is 162 Å². The minimum Gasteiger partial charge on any atom is -0.480 e. The summed E-state index contributed by atoms with van der Waals surface area (Å²) in [6.07, 6.45) is 0. The maximum absolute atomic E-state index is 13.4. The van der Waals surface area contributed by atoms with Gasteiger partial charge in [0.1, 0.15) is 6.54 Å². The Morgan fingerprint density at radius 3 is 1.24 bits per heavy atom. The second-order valence-corrected chi connectivity index (χ2v) is 6.34. The van der Waals surface area contributed by atoms with Crippen LogP contribution in [0.5, 0.6) is 0 Å². The molecule has 29 heavy (non-hydrogen) atoms. The van der Waals surface area contributed by atoms with E-state index < -0.39 is 37.0 Å². The molecule has 168 valence electrons. The van der Waals surface area contributed by atoms with E-state index in [-0.39, 0.29) is 50.9 Å². The van der Waals surface area contributed by atoms with Crippen molar-refractivity contribution in [3.63, 3.8) is 0 Å². The molecule has 0 fully saturated rings. The van der Waals surface area contributed by atoms with Crippen LogP contribution in [0.3, 0.4) is 0 Å². The van der Waals surface area contributed by atoms with Gasteiger partial charge in [0.2, 0.25) is 0 Å². The van der Waals surface area contributed by atoms with Gasteiger partial charge in [-0.1, -0.05) is 6.92 Å². The van der Waals surface area contributed by atoms with Crippen LogP contribution in [0, 0.1) is 0 Å². The maximum Gasteiger partial charge on any atom is 0.320 e. The third-order valence-corrected chi connectivity index (χ3v) is 3.95. The number of halogens is 1. The fourth-order valence-corrected chi connectivity index (χ4v) is 2.50. The third-order valence-electron chi connectivity index (χ3n) is 3.95. The van der Waals surface area contributed by atoms with Gasteiger partial charge in [0.15, 0.2) is 0 Å². The van der Waals surface area contributed by atoms with E-state index in [4.69, 9.17) is 20.4 Å². The molecule has 0 amide bonds. The fourth-order valence-electron chi connectivity index (χ4n) is 2.50. The number of nitrogens with zero attached hydrogens (tertiary/aromatic N) is 4. The zero-order valence-corrected chi connectivity index (χ0v) is 16.4. The molecule has 4 N–H and O–H groups in total. The first kappa shape index (κ1) is 26.6. The highest BCUT2D eigenvalue weighted by molar-refractivity contribution is 5.70. The molecule has 0 radical (unpaired) electrons. The molecule has 13 heteroatoms. The number of hydrogen-bond donors (Lipinski definition) is 4. The zero-order valence-electron chi connectivity index (χ0n) is 16.4. The van der Waals surface area contributed by atoms with E-state index in [2.05, 4.69) is 0 Å². The van der Waals surface area contributed by atoms with Gasteiger partial charge < -0.3 is 20.4 Å². The summed E-state index contributed by atoms with van der Waals surface area (Å²) in [7, 11) is 0. The molecule has 0 spiro atoms. The summed E-state index contributed by atoms with van der Waals surface area (Å²) in [6.45, 7) is 0.961. The summed E-state index contributed by atoms with van der Waals surface area (Å²) in [5.41, 5.74) is 0. The summed E-state index contributed by atoms with van der Waals surface area (Å²) in [5.74, 6) is -4.60. The highest BCUT2D eigenvalue weighted by Gasteiger charge is 2.17. The number of carboxylic acids is 4. The Labute approximate surface area is 167 Å². The van der Waals surface area contributed by atoms with Crippen molar-refractivity contribution in [2.75, 3.05) is 72.0 Å². The maximum atomic E-state index is 13.4. The van der Waals surface area contributed by atoms with E-state index in [9.17, 15) is 23.7 Å². The van der Waals surface area contributed by atoms with Gasteiger partial charge >= 0.3 is 23.9 Å². The summed E-state index contributed by atoms with van der Waals surface area (Å²) in [6, 6.07) is 0. The van der Waals surface area contributed by atoms with E-state index in [0.717, 1.165) is 0 Å². The van der Waals surface area contributed by atoms with Crippen molar-refractivity contribution >= 4 is 23.9 Å². The fraction of sp³-hybridized carbons (Fsp3) is 0.750. The lowest BCUT2D eigenvalue weighted by Gasteiger charge is -2.28. The van der Waals surface area contributed by atoms with Crippen molar-refractivity contribution in [2.24, 2.45) is 0 Å². The standard InChI is InChI=1S/C16H29FN4O8/c1-2-18(9-13(22)23)3-4-19(10-14(24)25)5-6-20(11-15(26)27)7-8-21(17)12-16(28)29/h2-12H2,1H3,(H,22,23)(H,24,25)(H,26,27)(H,28,29). The van der Waals surface area contributed by atoms with Crippen molar-refractivity contribution < 1.29 is 44.1 Å².